The van der Waals surface area contributed by atoms with Gasteiger partial charge in [-0.15, -0.1) is 11.3 Å². The van der Waals surface area contributed by atoms with Crippen LogP contribution in [0.3, 0.4) is 0 Å². The molecule has 2 unspecified atom stereocenters. The highest BCUT2D eigenvalue weighted by atomic mass is 32.1. The fourth-order valence-electron chi connectivity index (χ4n) is 3.10. The van der Waals surface area contributed by atoms with Gasteiger partial charge in [0, 0.05) is 16.4 Å². The largest absolute Gasteiger partial charge is 0.387 e. The number of aryl methyl sites for hydroxylation is 1. The molecule has 17 heavy (non-hydrogen) atoms. The van der Waals surface area contributed by atoms with Crippen molar-refractivity contribution >= 4 is 11.3 Å². The first-order chi connectivity index (χ1) is 8.19. The minimum atomic E-state index is -0.282. The van der Waals surface area contributed by atoms with Crippen molar-refractivity contribution in [2.24, 2.45) is 5.92 Å². The van der Waals surface area contributed by atoms with Gasteiger partial charge in [0.15, 0.2) is 0 Å². The van der Waals surface area contributed by atoms with Crippen LogP contribution in [0.1, 0.15) is 48.0 Å². The van der Waals surface area contributed by atoms with Crippen molar-refractivity contribution in [1.82, 2.24) is 0 Å². The quantitative estimate of drug-likeness (QED) is 0.873. The molecule has 1 N–H and O–H groups in total. The van der Waals surface area contributed by atoms with Crippen molar-refractivity contribution < 1.29 is 9.84 Å². The van der Waals surface area contributed by atoms with Gasteiger partial charge in [-0.05, 0) is 57.1 Å². The molecule has 0 amide bonds. The van der Waals surface area contributed by atoms with E-state index in [1.54, 1.807) is 11.3 Å². The topological polar surface area (TPSA) is 29.5 Å². The van der Waals surface area contributed by atoms with Crippen LogP contribution in [0, 0.1) is 12.8 Å². The normalized spacial score (nSPS) is 28.9. The number of aliphatic hydroxyl groups is 1. The Balaban J connectivity index is 1.71. The maximum atomic E-state index is 10.5. The van der Waals surface area contributed by atoms with E-state index in [9.17, 15) is 5.11 Å². The van der Waals surface area contributed by atoms with Gasteiger partial charge >= 0.3 is 0 Å². The zero-order valence-corrected chi connectivity index (χ0v) is 11.1. The predicted molar refractivity (Wildman–Crippen MR) is 69.3 cm³/mol. The minimum Gasteiger partial charge on any atom is -0.387 e. The number of ether oxygens (including phenoxy) is 1. The summed E-state index contributed by atoms with van der Waals surface area (Å²) in [7, 11) is 0. The Hall–Kier alpha value is -0.380. The van der Waals surface area contributed by atoms with Crippen molar-refractivity contribution in [3.05, 3.63) is 21.9 Å². The van der Waals surface area contributed by atoms with Crippen LogP contribution in [0.25, 0.3) is 0 Å². The number of aliphatic hydroxyl groups excluding tert-OH is 1. The average Bonchev–Trinajstić information content (AvgIpc) is 2.73. The first kappa shape index (κ1) is 11.7. The van der Waals surface area contributed by atoms with E-state index in [1.807, 2.05) is 0 Å². The molecule has 1 spiro atoms. The summed E-state index contributed by atoms with van der Waals surface area (Å²) in [4.78, 5) is 2.41. The standard InChI is InChI=1S/C14H20O2S/c1-10-3-4-12(17-10)13(15)11-5-8-16-14(9-11)6-2-7-14/h3-4,11,13,15H,2,5-9H2,1H3. The maximum absolute atomic E-state index is 10.5. The molecule has 1 saturated heterocycles. The third kappa shape index (κ3) is 2.16. The molecular formula is C14H20O2S. The van der Waals surface area contributed by atoms with Crippen LogP contribution in [0.4, 0.5) is 0 Å². The van der Waals surface area contributed by atoms with Crippen molar-refractivity contribution in [3.8, 4) is 0 Å². The number of thiophene rings is 1. The molecule has 1 aromatic rings. The van der Waals surface area contributed by atoms with E-state index in [2.05, 4.69) is 19.1 Å². The van der Waals surface area contributed by atoms with Crippen molar-refractivity contribution in [3.63, 3.8) is 0 Å². The van der Waals surface area contributed by atoms with Gasteiger partial charge in [-0.3, -0.25) is 0 Å². The van der Waals surface area contributed by atoms with Gasteiger partial charge < -0.3 is 9.84 Å². The van der Waals surface area contributed by atoms with Crippen LogP contribution < -0.4 is 0 Å². The Morgan fingerprint density at radius 1 is 1.47 bits per heavy atom. The van der Waals surface area contributed by atoms with Crippen LogP contribution in [0.2, 0.25) is 0 Å². The van der Waals surface area contributed by atoms with E-state index in [0.717, 1.165) is 24.3 Å². The van der Waals surface area contributed by atoms with Crippen molar-refractivity contribution in [2.45, 2.75) is 50.7 Å². The van der Waals surface area contributed by atoms with E-state index < -0.39 is 0 Å². The third-order valence-corrected chi connectivity index (χ3v) is 5.37. The lowest BCUT2D eigenvalue weighted by Gasteiger charge is -2.48. The van der Waals surface area contributed by atoms with Gasteiger partial charge in [-0.2, -0.15) is 0 Å². The summed E-state index contributed by atoms with van der Waals surface area (Å²) in [6.45, 7) is 2.92. The molecule has 2 nitrogen and oxygen atoms in total. The Kier molecular flexibility index (Phi) is 3.01. The fourth-order valence-corrected chi connectivity index (χ4v) is 4.06. The number of hydrogen-bond donors (Lipinski definition) is 1. The summed E-state index contributed by atoms with van der Waals surface area (Å²) >= 11 is 1.72. The zero-order chi connectivity index (χ0) is 11.9. The molecule has 1 aromatic heterocycles. The lowest BCUT2D eigenvalue weighted by atomic mass is 9.71. The van der Waals surface area contributed by atoms with Gasteiger partial charge in [0.1, 0.15) is 0 Å². The molecule has 1 aliphatic carbocycles. The first-order valence-corrected chi connectivity index (χ1v) is 7.39. The molecule has 2 atom stereocenters. The smallest absolute Gasteiger partial charge is 0.0912 e. The maximum Gasteiger partial charge on any atom is 0.0912 e. The molecular weight excluding hydrogens is 232 g/mol. The molecule has 2 heterocycles. The molecule has 1 aliphatic heterocycles. The van der Waals surface area contributed by atoms with Crippen LogP contribution >= 0.6 is 11.3 Å². The molecule has 2 fully saturated rings. The second-order valence-corrected chi connectivity index (χ2v) is 6.85. The Bertz CT molecular complexity index is 395. The van der Waals surface area contributed by atoms with Crippen LogP contribution in [-0.2, 0) is 4.74 Å². The van der Waals surface area contributed by atoms with Gasteiger partial charge in [-0.25, -0.2) is 0 Å². The third-order valence-electron chi connectivity index (χ3n) is 4.30. The fraction of sp³-hybridized carbons (Fsp3) is 0.714. The minimum absolute atomic E-state index is 0.135. The number of rotatable bonds is 2. The molecule has 2 aliphatic rings. The molecule has 94 valence electrons. The molecule has 3 rings (SSSR count). The van der Waals surface area contributed by atoms with E-state index in [1.165, 1.54) is 24.1 Å². The van der Waals surface area contributed by atoms with Crippen LogP contribution in [-0.4, -0.2) is 17.3 Å². The molecule has 1 saturated carbocycles. The second kappa shape index (κ2) is 4.38. The molecule has 0 aromatic carbocycles. The molecule has 0 bridgehead atoms. The van der Waals surface area contributed by atoms with Crippen LogP contribution in [0.15, 0.2) is 12.1 Å². The SMILES string of the molecule is Cc1ccc(C(O)C2CCOC3(CCC3)C2)s1. The summed E-state index contributed by atoms with van der Waals surface area (Å²) in [5.41, 5.74) is 0.135. The first-order valence-electron chi connectivity index (χ1n) is 6.57. The van der Waals surface area contributed by atoms with Crippen molar-refractivity contribution in [1.29, 1.82) is 0 Å². The van der Waals surface area contributed by atoms with Gasteiger partial charge in [-0.1, -0.05) is 0 Å². The van der Waals surface area contributed by atoms with Gasteiger partial charge in [0.05, 0.1) is 11.7 Å². The summed E-state index contributed by atoms with van der Waals surface area (Å²) in [6.07, 6.45) is 5.45. The predicted octanol–water partition coefficient (Wildman–Crippen LogP) is 3.44. The van der Waals surface area contributed by atoms with E-state index in [4.69, 9.17) is 4.74 Å². The van der Waals surface area contributed by atoms with E-state index in [-0.39, 0.29) is 11.7 Å². The van der Waals surface area contributed by atoms with Crippen molar-refractivity contribution in [2.75, 3.05) is 6.61 Å². The Morgan fingerprint density at radius 2 is 2.29 bits per heavy atom. The van der Waals surface area contributed by atoms with Crippen LogP contribution in [0.5, 0.6) is 0 Å². The summed E-state index contributed by atoms with van der Waals surface area (Å²) in [5.74, 6) is 0.391. The summed E-state index contributed by atoms with van der Waals surface area (Å²) in [5, 5.41) is 10.5. The average molecular weight is 252 g/mol. The molecule has 0 radical (unpaired) electrons. The summed E-state index contributed by atoms with van der Waals surface area (Å²) in [6, 6.07) is 4.18. The van der Waals surface area contributed by atoms with E-state index in [0.29, 0.717) is 5.92 Å². The second-order valence-electron chi connectivity index (χ2n) is 5.53. The summed E-state index contributed by atoms with van der Waals surface area (Å²) < 4.78 is 5.92. The highest BCUT2D eigenvalue weighted by Gasteiger charge is 2.44. The lowest BCUT2D eigenvalue weighted by Crippen LogP contribution is -2.46. The number of hydrogen-bond acceptors (Lipinski definition) is 3. The highest BCUT2D eigenvalue weighted by Crippen LogP contribution is 2.47. The Labute approximate surface area is 107 Å². The highest BCUT2D eigenvalue weighted by molar-refractivity contribution is 7.12. The molecule has 3 heteroatoms. The van der Waals surface area contributed by atoms with E-state index >= 15 is 0 Å². The van der Waals surface area contributed by atoms with Gasteiger partial charge in [0.25, 0.3) is 0 Å². The monoisotopic (exact) mass is 252 g/mol. The zero-order valence-electron chi connectivity index (χ0n) is 10.3. The Morgan fingerprint density at radius 3 is 2.88 bits per heavy atom. The lowest BCUT2D eigenvalue weighted by molar-refractivity contribution is -0.157. The van der Waals surface area contributed by atoms with Gasteiger partial charge in [0.2, 0.25) is 0 Å².